The molecule has 0 fully saturated rings. The fourth-order valence-electron chi connectivity index (χ4n) is 2.06. The van der Waals surface area contributed by atoms with Crippen molar-refractivity contribution in [2.45, 2.75) is 26.3 Å². The summed E-state index contributed by atoms with van der Waals surface area (Å²) in [5, 5.41) is 10.6. The van der Waals surface area contributed by atoms with Crippen LogP contribution in [0.3, 0.4) is 0 Å². The molecule has 1 atom stereocenters. The minimum absolute atomic E-state index is 0.0487. The van der Waals surface area contributed by atoms with E-state index < -0.39 is 4.92 Å². The van der Waals surface area contributed by atoms with Gasteiger partial charge >= 0.3 is 0 Å². The van der Waals surface area contributed by atoms with Crippen LogP contribution < -0.4 is 15.2 Å². The molecule has 0 aliphatic heterocycles. The largest absolute Gasteiger partial charge is 0.490 e. The summed E-state index contributed by atoms with van der Waals surface area (Å²) in [6.45, 7) is 4.31. The van der Waals surface area contributed by atoms with Crippen molar-refractivity contribution >= 4 is 5.69 Å². The Balaban J connectivity index is 2.22. The van der Waals surface area contributed by atoms with Crippen LogP contribution in [-0.2, 0) is 6.42 Å². The van der Waals surface area contributed by atoms with E-state index in [0.29, 0.717) is 18.1 Å². The number of pyridine rings is 1. The molecule has 0 bridgehead atoms. The summed E-state index contributed by atoms with van der Waals surface area (Å²) in [5.41, 5.74) is 6.77. The average molecular weight is 317 g/mol. The number of aromatic nitrogens is 1. The molecule has 23 heavy (non-hydrogen) atoms. The highest BCUT2D eigenvalue weighted by molar-refractivity contribution is 5.45. The van der Waals surface area contributed by atoms with E-state index in [9.17, 15) is 10.1 Å². The Morgan fingerprint density at radius 1 is 1.30 bits per heavy atom. The summed E-state index contributed by atoms with van der Waals surface area (Å²) in [4.78, 5) is 14.0. The molecule has 0 aliphatic rings. The lowest BCUT2D eigenvalue weighted by molar-refractivity contribution is -0.385. The van der Waals surface area contributed by atoms with Crippen molar-refractivity contribution in [3.8, 4) is 17.4 Å². The second kappa shape index (κ2) is 7.55. The molecule has 0 saturated heterocycles. The molecule has 2 aromatic rings. The molecule has 122 valence electrons. The molecule has 2 N–H and O–H groups in total. The van der Waals surface area contributed by atoms with Crippen molar-refractivity contribution in [2.24, 2.45) is 5.73 Å². The molecular weight excluding hydrogens is 298 g/mol. The van der Waals surface area contributed by atoms with Gasteiger partial charge in [-0.2, -0.15) is 0 Å². The second-order valence-electron chi connectivity index (χ2n) is 5.11. The lowest BCUT2D eigenvalue weighted by atomic mass is 10.1. The first-order valence-electron chi connectivity index (χ1n) is 7.29. The van der Waals surface area contributed by atoms with Gasteiger partial charge in [0.25, 0.3) is 5.69 Å². The molecule has 2 rings (SSSR count). The van der Waals surface area contributed by atoms with Crippen LogP contribution in [0.5, 0.6) is 17.4 Å². The third-order valence-electron chi connectivity index (χ3n) is 3.01. The third kappa shape index (κ3) is 4.65. The zero-order chi connectivity index (χ0) is 16.8. The molecule has 0 spiro atoms. The Morgan fingerprint density at radius 2 is 2.09 bits per heavy atom. The van der Waals surface area contributed by atoms with Crippen LogP contribution >= 0.6 is 0 Å². The van der Waals surface area contributed by atoms with Gasteiger partial charge in [-0.05, 0) is 38.0 Å². The summed E-state index contributed by atoms with van der Waals surface area (Å²) in [7, 11) is 0. The lowest BCUT2D eigenvalue weighted by Gasteiger charge is -2.13. The smallest absolute Gasteiger partial charge is 0.287 e. The highest BCUT2D eigenvalue weighted by Crippen LogP contribution is 2.32. The Kier molecular flexibility index (Phi) is 5.48. The first-order valence-corrected chi connectivity index (χ1v) is 7.29. The monoisotopic (exact) mass is 317 g/mol. The SMILES string of the molecule is CCOc1cc(CC(C)N)ccc1Oc1ccc([N+](=O)[O-])cn1. The van der Waals surface area contributed by atoms with Crippen molar-refractivity contribution < 1.29 is 14.4 Å². The first-order chi connectivity index (χ1) is 11.0. The molecule has 1 aromatic heterocycles. The lowest BCUT2D eigenvalue weighted by Crippen LogP contribution is -2.17. The summed E-state index contributed by atoms with van der Waals surface area (Å²) in [6.07, 6.45) is 1.89. The van der Waals surface area contributed by atoms with Crippen LogP contribution in [0.15, 0.2) is 36.5 Å². The molecule has 1 aromatic carbocycles. The van der Waals surface area contributed by atoms with E-state index in [1.807, 2.05) is 26.0 Å². The summed E-state index contributed by atoms with van der Waals surface area (Å²) >= 11 is 0. The third-order valence-corrected chi connectivity index (χ3v) is 3.01. The maximum Gasteiger partial charge on any atom is 0.287 e. The van der Waals surface area contributed by atoms with Gasteiger partial charge < -0.3 is 15.2 Å². The molecule has 0 saturated carbocycles. The molecule has 7 nitrogen and oxygen atoms in total. The topological polar surface area (TPSA) is 101 Å². The number of rotatable bonds is 7. The van der Waals surface area contributed by atoms with E-state index >= 15 is 0 Å². The van der Waals surface area contributed by atoms with E-state index in [4.69, 9.17) is 15.2 Å². The van der Waals surface area contributed by atoms with E-state index in [1.54, 1.807) is 6.07 Å². The van der Waals surface area contributed by atoms with Crippen LogP contribution in [0.25, 0.3) is 0 Å². The Labute approximate surface area is 134 Å². The minimum Gasteiger partial charge on any atom is -0.490 e. The fraction of sp³-hybridized carbons (Fsp3) is 0.312. The predicted octanol–water partition coefficient (Wildman–Crippen LogP) is 3.07. The highest BCUT2D eigenvalue weighted by Gasteiger charge is 2.11. The van der Waals surface area contributed by atoms with Crippen molar-refractivity contribution in [1.29, 1.82) is 0 Å². The zero-order valence-electron chi connectivity index (χ0n) is 13.1. The number of hydrogen-bond acceptors (Lipinski definition) is 6. The van der Waals surface area contributed by atoms with Gasteiger partial charge in [0.2, 0.25) is 5.88 Å². The van der Waals surface area contributed by atoms with Gasteiger partial charge in [-0.15, -0.1) is 0 Å². The van der Waals surface area contributed by atoms with Crippen LogP contribution in [0, 0.1) is 10.1 Å². The number of benzene rings is 1. The van der Waals surface area contributed by atoms with Crippen LogP contribution in [0.2, 0.25) is 0 Å². The van der Waals surface area contributed by atoms with E-state index in [0.717, 1.165) is 18.2 Å². The quantitative estimate of drug-likeness (QED) is 0.622. The van der Waals surface area contributed by atoms with E-state index in [1.165, 1.54) is 12.1 Å². The number of nitrogens with zero attached hydrogens (tertiary/aromatic N) is 2. The van der Waals surface area contributed by atoms with Gasteiger partial charge in [0.15, 0.2) is 11.5 Å². The van der Waals surface area contributed by atoms with Gasteiger partial charge in [0.1, 0.15) is 6.20 Å². The normalized spacial score (nSPS) is 11.8. The maximum absolute atomic E-state index is 10.6. The molecule has 1 unspecified atom stereocenters. The maximum atomic E-state index is 10.6. The second-order valence-corrected chi connectivity index (χ2v) is 5.11. The molecular formula is C16H19N3O4. The molecule has 0 radical (unpaired) electrons. The molecule has 7 heteroatoms. The fourth-order valence-corrected chi connectivity index (χ4v) is 2.06. The zero-order valence-corrected chi connectivity index (χ0v) is 13.1. The predicted molar refractivity (Wildman–Crippen MR) is 85.9 cm³/mol. The first kappa shape index (κ1) is 16.7. The van der Waals surface area contributed by atoms with E-state index in [-0.39, 0.29) is 17.6 Å². The van der Waals surface area contributed by atoms with Crippen molar-refractivity contribution in [3.05, 3.63) is 52.2 Å². The Morgan fingerprint density at radius 3 is 2.65 bits per heavy atom. The molecule has 0 amide bonds. The van der Waals surface area contributed by atoms with Gasteiger partial charge in [0.05, 0.1) is 11.5 Å². The van der Waals surface area contributed by atoms with Gasteiger partial charge in [-0.3, -0.25) is 10.1 Å². The van der Waals surface area contributed by atoms with Crippen LogP contribution in [0.1, 0.15) is 19.4 Å². The van der Waals surface area contributed by atoms with Gasteiger partial charge in [-0.25, -0.2) is 4.98 Å². The summed E-state index contributed by atoms with van der Waals surface area (Å²) < 4.78 is 11.3. The Bertz CT molecular complexity index is 672. The summed E-state index contributed by atoms with van der Waals surface area (Å²) in [6, 6.07) is 8.41. The van der Waals surface area contributed by atoms with E-state index in [2.05, 4.69) is 4.98 Å². The number of nitrogens with two attached hydrogens (primary N) is 1. The minimum atomic E-state index is -0.509. The summed E-state index contributed by atoms with van der Waals surface area (Å²) in [5.74, 6) is 1.35. The number of nitro groups is 1. The number of ether oxygens (including phenoxy) is 2. The van der Waals surface area contributed by atoms with Gasteiger partial charge in [-0.1, -0.05) is 6.07 Å². The standard InChI is InChI=1S/C16H19N3O4/c1-3-22-15-9-12(8-11(2)17)4-6-14(15)23-16-7-5-13(10-18-16)19(20)21/h4-7,9-11H,3,8,17H2,1-2H3. The van der Waals surface area contributed by atoms with Gasteiger partial charge in [0, 0.05) is 18.2 Å². The average Bonchev–Trinajstić information content (AvgIpc) is 2.50. The van der Waals surface area contributed by atoms with Crippen molar-refractivity contribution in [1.82, 2.24) is 4.98 Å². The Hall–Kier alpha value is -2.67. The van der Waals surface area contributed by atoms with Crippen LogP contribution in [-0.4, -0.2) is 22.6 Å². The molecule has 0 aliphatic carbocycles. The van der Waals surface area contributed by atoms with Crippen LogP contribution in [0.4, 0.5) is 5.69 Å². The van der Waals surface area contributed by atoms with Crippen molar-refractivity contribution in [2.75, 3.05) is 6.61 Å². The number of hydrogen-bond donors (Lipinski definition) is 1. The highest BCUT2D eigenvalue weighted by atomic mass is 16.6. The molecule has 1 heterocycles. The van der Waals surface area contributed by atoms with Crippen molar-refractivity contribution in [3.63, 3.8) is 0 Å².